The number of hydrogen-bond donors (Lipinski definition) is 0. The Labute approximate surface area is 159 Å². The molecule has 0 unspecified atom stereocenters. The third-order valence-electron chi connectivity index (χ3n) is 6.62. The van der Waals surface area contributed by atoms with Gasteiger partial charge in [-0.2, -0.15) is 0 Å². The Morgan fingerprint density at radius 3 is 1.96 bits per heavy atom. The number of rotatable bonds is 5. The monoisotopic (exact) mass is 386 g/mol. The van der Waals surface area contributed by atoms with Crippen LogP contribution >= 0.6 is 0 Å². The van der Waals surface area contributed by atoms with Gasteiger partial charge >= 0.3 is 6.36 Å². The van der Waals surface area contributed by atoms with E-state index in [1.54, 1.807) is 6.07 Å². The second-order valence-electron chi connectivity index (χ2n) is 8.66. The average Bonchev–Trinajstić information content (AvgIpc) is 2.62. The van der Waals surface area contributed by atoms with Crippen molar-refractivity contribution in [1.82, 2.24) is 0 Å². The zero-order valence-corrected chi connectivity index (χ0v) is 16.0. The molecular weight excluding hydrogens is 356 g/mol. The highest BCUT2D eigenvalue weighted by molar-refractivity contribution is 5.31. The van der Waals surface area contributed by atoms with E-state index < -0.39 is 17.9 Å². The molecule has 2 aliphatic rings. The third-order valence-corrected chi connectivity index (χ3v) is 6.62. The zero-order valence-electron chi connectivity index (χ0n) is 16.0. The Balaban J connectivity index is 1.45. The van der Waals surface area contributed by atoms with Crippen molar-refractivity contribution in [3.63, 3.8) is 0 Å². The van der Waals surface area contributed by atoms with Crippen LogP contribution in [0.1, 0.15) is 82.6 Å². The lowest BCUT2D eigenvalue weighted by molar-refractivity contribution is -0.275. The first-order valence-corrected chi connectivity index (χ1v) is 10.4. The van der Waals surface area contributed by atoms with Crippen LogP contribution in [0, 0.1) is 23.6 Å². The zero-order chi connectivity index (χ0) is 19.4. The van der Waals surface area contributed by atoms with Gasteiger partial charge in [-0.3, -0.25) is 0 Å². The summed E-state index contributed by atoms with van der Waals surface area (Å²) < 4.78 is 54.4. The predicted molar refractivity (Wildman–Crippen MR) is 98.1 cm³/mol. The van der Waals surface area contributed by atoms with E-state index in [1.807, 2.05) is 0 Å². The van der Waals surface area contributed by atoms with E-state index in [0.717, 1.165) is 55.1 Å². The van der Waals surface area contributed by atoms with Gasteiger partial charge in [-0.1, -0.05) is 51.5 Å². The van der Waals surface area contributed by atoms with Crippen LogP contribution in [0.15, 0.2) is 18.2 Å². The fourth-order valence-electron chi connectivity index (χ4n) is 4.85. The lowest BCUT2D eigenvalue weighted by Gasteiger charge is -2.31. The van der Waals surface area contributed by atoms with E-state index in [4.69, 9.17) is 0 Å². The molecule has 0 aliphatic heterocycles. The Morgan fingerprint density at radius 1 is 0.889 bits per heavy atom. The van der Waals surface area contributed by atoms with Crippen molar-refractivity contribution in [2.75, 3.05) is 0 Å². The highest BCUT2D eigenvalue weighted by Crippen LogP contribution is 2.40. The standard InChI is InChI=1S/C22H30F4O/c1-15-2-4-16(5-3-15)6-7-17-8-10-18(11-9-17)19-12-13-21(20(23)14-19)27-22(24,25)26/h12-18H,2-11H2,1H3. The van der Waals surface area contributed by atoms with Gasteiger partial charge < -0.3 is 4.74 Å². The van der Waals surface area contributed by atoms with Crippen LogP contribution in [-0.2, 0) is 0 Å². The van der Waals surface area contributed by atoms with Crippen molar-refractivity contribution in [3.8, 4) is 5.75 Å². The molecule has 0 radical (unpaired) electrons. The van der Waals surface area contributed by atoms with Gasteiger partial charge in [0, 0.05) is 0 Å². The molecule has 1 aromatic carbocycles. The first-order valence-electron chi connectivity index (χ1n) is 10.4. The highest BCUT2D eigenvalue weighted by atomic mass is 19.4. The van der Waals surface area contributed by atoms with E-state index >= 15 is 0 Å². The molecule has 3 rings (SSSR count). The molecule has 2 saturated carbocycles. The van der Waals surface area contributed by atoms with Crippen LogP contribution in [0.2, 0.25) is 0 Å². The fraction of sp³-hybridized carbons (Fsp3) is 0.727. The van der Waals surface area contributed by atoms with Crippen molar-refractivity contribution in [3.05, 3.63) is 29.6 Å². The molecule has 0 atom stereocenters. The lowest BCUT2D eigenvalue weighted by Crippen LogP contribution is -2.18. The molecule has 0 saturated heterocycles. The third kappa shape index (κ3) is 6.11. The maximum Gasteiger partial charge on any atom is 0.573 e. The minimum absolute atomic E-state index is 0.242. The van der Waals surface area contributed by atoms with Gasteiger partial charge in [-0.05, 0) is 67.1 Å². The fourth-order valence-corrected chi connectivity index (χ4v) is 4.85. The maximum absolute atomic E-state index is 13.9. The minimum atomic E-state index is -4.86. The second-order valence-corrected chi connectivity index (χ2v) is 8.66. The van der Waals surface area contributed by atoms with E-state index in [-0.39, 0.29) is 5.92 Å². The van der Waals surface area contributed by atoms with E-state index in [0.29, 0.717) is 0 Å². The Bertz CT molecular complexity index is 597. The number of ether oxygens (including phenoxy) is 1. The number of halogens is 4. The molecule has 1 aromatic rings. The second kappa shape index (κ2) is 8.83. The van der Waals surface area contributed by atoms with Crippen LogP contribution in [0.25, 0.3) is 0 Å². The van der Waals surface area contributed by atoms with E-state index in [1.165, 1.54) is 44.6 Å². The quantitative estimate of drug-likeness (QED) is 0.473. The molecule has 5 heteroatoms. The molecule has 2 fully saturated rings. The molecule has 0 amide bonds. The van der Waals surface area contributed by atoms with Crippen LogP contribution in [0.5, 0.6) is 5.75 Å². The van der Waals surface area contributed by atoms with Crippen molar-refractivity contribution in [2.45, 2.75) is 83.4 Å². The molecule has 0 bridgehead atoms. The van der Waals surface area contributed by atoms with Gasteiger partial charge in [0.25, 0.3) is 0 Å². The SMILES string of the molecule is CC1CCC(CCC2CCC(c3ccc(OC(F)(F)F)c(F)c3)CC2)CC1. The summed E-state index contributed by atoms with van der Waals surface area (Å²) in [7, 11) is 0. The van der Waals surface area contributed by atoms with Crippen molar-refractivity contribution in [2.24, 2.45) is 17.8 Å². The number of hydrogen-bond acceptors (Lipinski definition) is 1. The molecule has 0 aromatic heterocycles. The molecule has 27 heavy (non-hydrogen) atoms. The Kier molecular flexibility index (Phi) is 6.69. The summed E-state index contributed by atoms with van der Waals surface area (Å²) in [6, 6.07) is 3.90. The maximum atomic E-state index is 13.9. The van der Waals surface area contributed by atoms with Gasteiger partial charge in [0.2, 0.25) is 0 Å². The topological polar surface area (TPSA) is 9.23 Å². The minimum Gasteiger partial charge on any atom is -0.403 e. The lowest BCUT2D eigenvalue weighted by atomic mass is 9.74. The molecule has 1 nitrogen and oxygen atoms in total. The molecule has 0 N–H and O–H groups in total. The van der Waals surface area contributed by atoms with Crippen LogP contribution in [0.3, 0.4) is 0 Å². The van der Waals surface area contributed by atoms with Gasteiger partial charge in [-0.25, -0.2) is 4.39 Å². The molecule has 2 aliphatic carbocycles. The summed E-state index contributed by atoms with van der Waals surface area (Å²) in [6.45, 7) is 2.35. The first-order chi connectivity index (χ1) is 12.8. The molecule has 152 valence electrons. The van der Waals surface area contributed by atoms with Crippen molar-refractivity contribution in [1.29, 1.82) is 0 Å². The smallest absolute Gasteiger partial charge is 0.403 e. The van der Waals surface area contributed by atoms with Crippen molar-refractivity contribution >= 4 is 0 Å². The van der Waals surface area contributed by atoms with Crippen LogP contribution in [0.4, 0.5) is 17.6 Å². The van der Waals surface area contributed by atoms with Gasteiger partial charge in [-0.15, -0.1) is 13.2 Å². The largest absolute Gasteiger partial charge is 0.573 e. The van der Waals surface area contributed by atoms with Crippen LogP contribution in [-0.4, -0.2) is 6.36 Å². The summed E-state index contributed by atoms with van der Waals surface area (Å²) in [5, 5.41) is 0. The molecular formula is C22H30F4O. The normalized spacial score (nSPS) is 29.5. The molecule has 0 heterocycles. The first kappa shape index (κ1) is 20.5. The number of alkyl halides is 3. The summed E-state index contributed by atoms with van der Waals surface area (Å²) in [6.07, 6.45) is 7.51. The van der Waals surface area contributed by atoms with Crippen LogP contribution < -0.4 is 4.74 Å². The number of benzene rings is 1. The van der Waals surface area contributed by atoms with Crippen molar-refractivity contribution < 1.29 is 22.3 Å². The predicted octanol–water partition coefficient (Wildman–Crippen LogP) is 7.60. The highest BCUT2D eigenvalue weighted by Gasteiger charge is 2.33. The summed E-state index contributed by atoms with van der Waals surface area (Å²) >= 11 is 0. The van der Waals surface area contributed by atoms with E-state index in [2.05, 4.69) is 11.7 Å². The molecule has 0 spiro atoms. The Hall–Kier alpha value is -1.26. The summed E-state index contributed by atoms with van der Waals surface area (Å²) in [5.41, 5.74) is 0.793. The van der Waals surface area contributed by atoms with E-state index in [9.17, 15) is 17.6 Å². The summed E-state index contributed by atoms with van der Waals surface area (Å²) in [5.74, 6) is 1.10. The van der Waals surface area contributed by atoms with Gasteiger partial charge in [0.05, 0.1) is 0 Å². The average molecular weight is 386 g/mol. The summed E-state index contributed by atoms with van der Waals surface area (Å²) in [4.78, 5) is 0. The Morgan fingerprint density at radius 2 is 1.44 bits per heavy atom. The van der Waals surface area contributed by atoms with Gasteiger partial charge in [0.15, 0.2) is 11.6 Å². The van der Waals surface area contributed by atoms with Gasteiger partial charge in [0.1, 0.15) is 0 Å².